The zero-order valence-corrected chi connectivity index (χ0v) is 17.1. The van der Waals surface area contributed by atoms with Crippen LogP contribution < -0.4 is 10.2 Å². The smallest absolute Gasteiger partial charge is 0.229 e. The fourth-order valence-corrected chi connectivity index (χ4v) is 4.44. The van der Waals surface area contributed by atoms with Crippen molar-refractivity contribution in [3.63, 3.8) is 0 Å². The third kappa shape index (κ3) is 3.92. The number of piperazine rings is 1. The molecule has 1 fully saturated rings. The Kier molecular flexibility index (Phi) is 4.83. The summed E-state index contributed by atoms with van der Waals surface area (Å²) in [5, 5.41) is 4.37. The van der Waals surface area contributed by atoms with Crippen LogP contribution in [-0.4, -0.2) is 53.1 Å². The molecule has 1 aliphatic heterocycles. The van der Waals surface area contributed by atoms with Gasteiger partial charge in [-0.2, -0.15) is 4.98 Å². The minimum Gasteiger partial charge on any atom is -0.354 e. The monoisotopic (exact) mass is 402 g/mol. The summed E-state index contributed by atoms with van der Waals surface area (Å²) in [5.41, 5.74) is 3.08. The third-order valence-corrected chi connectivity index (χ3v) is 6.21. The number of nitrogens with zero attached hydrogens (tertiary/aromatic N) is 5. The Bertz CT molecular complexity index is 1100. The number of likely N-dealkylation sites (N-methyl/N-ethyl adjacent to an activating group) is 1. The highest BCUT2D eigenvalue weighted by molar-refractivity contribution is 7.21. The fraction of sp³-hybridized carbons (Fsp3) is 0.227. The number of aromatic nitrogens is 3. The predicted octanol–water partition coefficient (Wildman–Crippen LogP) is 4.25. The van der Waals surface area contributed by atoms with E-state index in [1.807, 2.05) is 36.5 Å². The van der Waals surface area contributed by atoms with Gasteiger partial charge in [-0.25, -0.2) is 9.97 Å². The first-order chi connectivity index (χ1) is 14.2. The molecule has 0 atom stereocenters. The molecule has 0 amide bonds. The lowest BCUT2D eigenvalue weighted by Gasteiger charge is -2.33. The van der Waals surface area contributed by atoms with E-state index in [0.717, 1.165) is 53.8 Å². The molecular weight excluding hydrogens is 380 g/mol. The molecular formula is C22H22N6S. The Morgan fingerprint density at radius 3 is 2.66 bits per heavy atom. The van der Waals surface area contributed by atoms with Gasteiger partial charge in [-0.1, -0.05) is 24.3 Å². The van der Waals surface area contributed by atoms with Crippen LogP contribution in [0.3, 0.4) is 0 Å². The lowest BCUT2D eigenvalue weighted by atomic mass is 10.2. The number of anilines is 3. The maximum Gasteiger partial charge on any atom is 0.229 e. The van der Waals surface area contributed by atoms with E-state index in [4.69, 9.17) is 9.97 Å². The molecule has 2 aromatic heterocycles. The molecule has 1 aliphatic rings. The topological polar surface area (TPSA) is 57.2 Å². The molecule has 0 aliphatic carbocycles. The van der Waals surface area contributed by atoms with Gasteiger partial charge in [0.1, 0.15) is 10.8 Å². The summed E-state index contributed by atoms with van der Waals surface area (Å²) in [7, 11) is 2.16. The van der Waals surface area contributed by atoms with Crippen molar-refractivity contribution in [2.24, 2.45) is 0 Å². The van der Waals surface area contributed by atoms with Crippen molar-refractivity contribution >= 4 is 39.0 Å². The summed E-state index contributed by atoms with van der Waals surface area (Å²) in [6, 6.07) is 18.5. The minimum absolute atomic E-state index is 0.614. The van der Waals surface area contributed by atoms with Gasteiger partial charge in [-0.15, -0.1) is 11.3 Å². The summed E-state index contributed by atoms with van der Waals surface area (Å²) >= 11 is 1.71. The first-order valence-corrected chi connectivity index (χ1v) is 10.6. The maximum absolute atomic E-state index is 4.76. The fourth-order valence-electron chi connectivity index (χ4n) is 3.48. The number of thiazole rings is 1. The van der Waals surface area contributed by atoms with Crippen molar-refractivity contribution in [1.29, 1.82) is 0 Å². The summed E-state index contributed by atoms with van der Waals surface area (Å²) in [5.74, 6) is 1.58. The second-order valence-electron chi connectivity index (χ2n) is 7.22. The molecule has 0 spiro atoms. The van der Waals surface area contributed by atoms with Gasteiger partial charge in [-0.3, -0.25) is 0 Å². The van der Waals surface area contributed by atoms with E-state index in [1.54, 1.807) is 11.3 Å². The molecule has 7 heteroatoms. The van der Waals surface area contributed by atoms with Crippen LogP contribution in [0, 0.1) is 0 Å². The zero-order chi connectivity index (χ0) is 19.6. The highest BCUT2D eigenvalue weighted by atomic mass is 32.1. The van der Waals surface area contributed by atoms with Gasteiger partial charge in [0.25, 0.3) is 0 Å². The highest BCUT2D eigenvalue weighted by Gasteiger charge is 2.16. The van der Waals surface area contributed by atoms with Crippen LogP contribution in [0.25, 0.3) is 20.8 Å². The van der Waals surface area contributed by atoms with Crippen molar-refractivity contribution in [3.05, 3.63) is 60.8 Å². The van der Waals surface area contributed by atoms with Crippen molar-refractivity contribution in [1.82, 2.24) is 19.9 Å². The van der Waals surface area contributed by atoms with E-state index >= 15 is 0 Å². The van der Waals surface area contributed by atoms with Crippen molar-refractivity contribution < 1.29 is 0 Å². The highest BCUT2D eigenvalue weighted by Crippen LogP contribution is 2.31. The number of fused-ring (bicyclic) bond motifs is 1. The molecule has 0 unspecified atom stereocenters. The molecule has 0 bridgehead atoms. The SMILES string of the molecule is CN1CCN(c2ccnc(Nc3cccc(-c4nc5ccccc5s4)c3)n2)CC1. The largest absolute Gasteiger partial charge is 0.354 e. The third-order valence-electron chi connectivity index (χ3n) is 5.13. The second kappa shape index (κ2) is 7.77. The normalized spacial score (nSPS) is 15.0. The van der Waals surface area contributed by atoms with E-state index in [2.05, 4.69) is 51.4 Å². The molecule has 6 nitrogen and oxygen atoms in total. The standard InChI is InChI=1S/C22H22N6S/c1-27-11-13-28(14-12-27)20-9-10-23-22(26-20)24-17-6-4-5-16(15-17)21-25-18-7-2-3-8-19(18)29-21/h2-10,15H,11-14H2,1H3,(H,23,24,26). The van der Waals surface area contributed by atoms with E-state index in [9.17, 15) is 0 Å². The summed E-state index contributed by atoms with van der Waals surface area (Å²) in [4.78, 5) is 18.5. The Balaban J connectivity index is 1.37. The molecule has 4 aromatic rings. The van der Waals surface area contributed by atoms with Gasteiger partial charge < -0.3 is 15.1 Å². The summed E-state index contributed by atoms with van der Waals surface area (Å²) in [6.07, 6.45) is 1.82. The lowest BCUT2D eigenvalue weighted by Crippen LogP contribution is -2.44. The van der Waals surface area contributed by atoms with Gasteiger partial charge in [0.15, 0.2) is 0 Å². The Hall–Kier alpha value is -3.03. The molecule has 0 radical (unpaired) electrons. The Morgan fingerprint density at radius 1 is 0.931 bits per heavy atom. The number of hydrogen-bond donors (Lipinski definition) is 1. The van der Waals surface area contributed by atoms with Crippen LogP contribution in [0.2, 0.25) is 0 Å². The average Bonchev–Trinajstić information content (AvgIpc) is 3.19. The molecule has 3 heterocycles. The molecule has 29 heavy (non-hydrogen) atoms. The van der Waals surface area contributed by atoms with Crippen molar-refractivity contribution in [2.45, 2.75) is 0 Å². The maximum atomic E-state index is 4.76. The zero-order valence-electron chi connectivity index (χ0n) is 16.2. The minimum atomic E-state index is 0.614. The molecule has 146 valence electrons. The lowest BCUT2D eigenvalue weighted by molar-refractivity contribution is 0.312. The first kappa shape index (κ1) is 18.0. The van der Waals surface area contributed by atoms with Crippen LogP contribution >= 0.6 is 11.3 Å². The van der Waals surface area contributed by atoms with Crippen LogP contribution in [0.15, 0.2) is 60.8 Å². The molecule has 2 aromatic carbocycles. The van der Waals surface area contributed by atoms with E-state index in [0.29, 0.717) is 5.95 Å². The molecule has 1 N–H and O–H groups in total. The van der Waals surface area contributed by atoms with E-state index in [-0.39, 0.29) is 0 Å². The molecule has 1 saturated heterocycles. The van der Waals surface area contributed by atoms with Gasteiger partial charge in [0.05, 0.1) is 10.2 Å². The van der Waals surface area contributed by atoms with Gasteiger partial charge in [0.2, 0.25) is 5.95 Å². The van der Waals surface area contributed by atoms with Gasteiger partial charge in [-0.05, 0) is 37.4 Å². The van der Waals surface area contributed by atoms with Crippen LogP contribution in [0.5, 0.6) is 0 Å². The van der Waals surface area contributed by atoms with Gasteiger partial charge >= 0.3 is 0 Å². The second-order valence-corrected chi connectivity index (χ2v) is 8.25. The van der Waals surface area contributed by atoms with Crippen molar-refractivity contribution in [2.75, 3.05) is 43.4 Å². The van der Waals surface area contributed by atoms with Gasteiger partial charge in [0, 0.05) is 43.6 Å². The Morgan fingerprint density at radius 2 is 1.79 bits per heavy atom. The Labute approximate surface area is 173 Å². The van der Waals surface area contributed by atoms with Crippen LogP contribution in [0.1, 0.15) is 0 Å². The van der Waals surface area contributed by atoms with E-state index in [1.165, 1.54) is 4.70 Å². The number of para-hydroxylation sites is 1. The quantitative estimate of drug-likeness (QED) is 0.551. The number of benzene rings is 2. The summed E-state index contributed by atoms with van der Waals surface area (Å²) in [6.45, 7) is 4.08. The van der Waals surface area contributed by atoms with E-state index < -0.39 is 0 Å². The summed E-state index contributed by atoms with van der Waals surface area (Å²) < 4.78 is 1.20. The average molecular weight is 403 g/mol. The number of nitrogens with one attached hydrogen (secondary N) is 1. The number of hydrogen-bond acceptors (Lipinski definition) is 7. The molecule has 5 rings (SSSR count). The van der Waals surface area contributed by atoms with Crippen molar-refractivity contribution in [3.8, 4) is 10.6 Å². The number of rotatable bonds is 4. The van der Waals surface area contributed by atoms with Crippen LogP contribution in [-0.2, 0) is 0 Å². The molecule has 0 saturated carbocycles. The first-order valence-electron chi connectivity index (χ1n) is 9.74. The predicted molar refractivity (Wildman–Crippen MR) is 120 cm³/mol. The van der Waals surface area contributed by atoms with Crippen LogP contribution in [0.4, 0.5) is 17.5 Å².